The van der Waals surface area contributed by atoms with Crippen LogP contribution in [0.2, 0.25) is 0 Å². The molecule has 1 heterocycles. The number of nitrogens with one attached hydrogen (secondary N) is 1. The molecule has 1 aromatic carbocycles. The Bertz CT molecular complexity index is 945. The molecule has 0 radical (unpaired) electrons. The van der Waals surface area contributed by atoms with E-state index in [2.05, 4.69) is 11.9 Å². The highest BCUT2D eigenvalue weighted by molar-refractivity contribution is 6.04. The van der Waals surface area contributed by atoms with Crippen molar-refractivity contribution in [2.45, 2.75) is 44.9 Å². The molecule has 6 nitrogen and oxygen atoms in total. The highest BCUT2D eigenvalue weighted by atomic mass is 16.5. The van der Waals surface area contributed by atoms with E-state index in [9.17, 15) is 19.8 Å². The van der Waals surface area contributed by atoms with Crippen LogP contribution in [-0.2, 0) is 16.0 Å². The molecule has 0 spiro atoms. The summed E-state index contributed by atoms with van der Waals surface area (Å²) in [5.41, 5.74) is 2.99. The van der Waals surface area contributed by atoms with Crippen molar-refractivity contribution in [1.29, 1.82) is 0 Å². The lowest BCUT2D eigenvalue weighted by Gasteiger charge is -2.29. The average Bonchev–Trinajstić information content (AvgIpc) is 3.26. The zero-order valence-corrected chi connectivity index (χ0v) is 18.1. The van der Waals surface area contributed by atoms with Crippen LogP contribution in [0.5, 0.6) is 11.5 Å². The third-order valence-corrected chi connectivity index (χ3v) is 6.10. The van der Waals surface area contributed by atoms with Crippen molar-refractivity contribution in [2.75, 3.05) is 13.7 Å². The maximum Gasteiger partial charge on any atom is 0.160 e. The van der Waals surface area contributed by atoms with E-state index in [-0.39, 0.29) is 48.6 Å². The van der Waals surface area contributed by atoms with E-state index in [0.29, 0.717) is 12.2 Å². The van der Waals surface area contributed by atoms with Gasteiger partial charge in [-0.1, -0.05) is 25.5 Å². The van der Waals surface area contributed by atoms with Gasteiger partial charge >= 0.3 is 0 Å². The lowest BCUT2D eigenvalue weighted by Crippen LogP contribution is -2.34. The molecule has 31 heavy (non-hydrogen) atoms. The van der Waals surface area contributed by atoms with Crippen molar-refractivity contribution in [3.63, 3.8) is 0 Å². The molecule has 2 aromatic rings. The number of hydrogen-bond donors (Lipinski definition) is 3. The highest BCUT2D eigenvalue weighted by Crippen LogP contribution is 2.39. The predicted octanol–water partition coefficient (Wildman–Crippen LogP) is 4.03. The number of Topliss-reactive ketones (excluding diaryl/α,β-unsaturated/α-hetero) is 2. The molecule has 1 aliphatic carbocycles. The smallest absolute Gasteiger partial charge is 0.160 e. The van der Waals surface area contributed by atoms with Crippen LogP contribution in [0.25, 0.3) is 6.08 Å². The lowest BCUT2D eigenvalue weighted by molar-refractivity contribution is -0.135. The number of phenols is 1. The molecule has 0 fully saturated rings. The Kier molecular flexibility index (Phi) is 7.69. The minimum atomic E-state index is -0.821. The number of methoxy groups -OCH3 is 1. The van der Waals surface area contributed by atoms with Gasteiger partial charge in [-0.3, -0.25) is 9.59 Å². The van der Waals surface area contributed by atoms with Gasteiger partial charge in [0.05, 0.1) is 13.0 Å². The van der Waals surface area contributed by atoms with Crippen LogP contribution >= 0.6 is 0 Å². The van der Waals surface area contributed by atoms with Crippen molar-refractivity contribution < 1.29 is 24.5 Å². The van der Waals surface area contributed by atoms with E-state index < -0.39 is 5.92 Å². The maximum absolute atomic E-state index is 13.5. The Balaban J connectivity index is 1.74. The molecular weight excluding hydrogens is 394 g/mol. The Morgan fingerprint density at radius 2 is 2.06 bits per heavy atom. The molecule has 6 heteroatoms. The van der Waals surface area contributed by atoms with Crippen molar-refractivity contribution in [3.05, 3.63) is 53.4 Å². The second-order valence-electron chi connectivity index (χ2n) is 8.07. The lowest BCUT2D eigenvalue weighted by atomic mass is 9.73. The molecule has 166 valence electrons. The number of carbonyl (C=O) groups excluding carboxylic acids is 2. The number of carbonyl (C=O) groups is 2. The Morgan fingerprint density at radius 3 is 2.77 bits per heavy atom. The number of aliphatic hydroxyl groups is 1. The van der Waals surface area contributed by atoms with E-state index in [1.807, 2.05) is 24.4 Å². The third-order valence-electron chi connectivity index (χ3n) is 6.10. The number of ketones is 2. The first-order valence-electron chi connectivity index (χ1n) is 10.9. The van der Waals surface area contributed by atoms with E-state index in [1.165, 1.54) is 13.2 Å². The Hall–Kier alpha value is -2.86. The second-order valence-corrected chi connectivity index (χ2v) is 8.07. The average molecular weight is 426 g/mol. The van der Waals surface area contributed by atoms with Gasteiger partial charge in [0, 0.05) is 30.8 Å². The number of rotatable bonds is 11. The number of hydrogen-bond acceptors (Lipinski definition) is 5. The fourth-order valence-electron chi connectivity index (χ4n) is 4.47. The standard InChI is InChI=1S/C25H31NO5/c1-3-4-17-18-11-13-26-21(18)8-7-19(17)25(30)20(12-14-27)22(28)9-5-16-6-10-23(29)24(15-16)31-2/h6-8,10-11,13,15,17,19-20,26-27,29H,3-5,9,12,14H2,1-2H3. The summed E-state index contributed by atoms with van der Waals surface area (Å²) in [6.07, 6.45) is 8.27. The van der Waals surface area contributed by atoms with Gasteiger partial charge in [-0.05, 0) is 60.6 Å². The number of aromatic hydroxyl groups is 1. The van der Waals surface area contributed by atoms with E-state index >= 15 is 0 Å². The summed E-state index contributed by atoms with van der Waals surface area (Å²) in [7, 11) is 1.47. The van der Waals surface area contributed by atoms with E-state index in [1.54, 1.807) is 12.1 Å². The number of allylic oxidation sites excluding steroid dienone is 1. The summed E-state index contributed by atoms with van der Waals surface area (Å²) in [6, 6.07) is 6.98. The number of aliphatic hydroxyl groups excluding tert-OH is 1. The summed E-state index contributed by atoms with van der Waals surface area (Å²) in [6.45, 7) is 1.88. The number of aromatic amines is 1. The van der Waals surface area contributed by atoms with Crippen LogP contribution in [0.3, 0.4) is 0 Å². The van der Waals surface area contributed by atoms with E-state index in [4.69, 9.17) is 4.74 Å². The SMILES string of the molecule is CCCC1c2cc[nH]c2C=CC1C(=O)C(CCO)C(=O)CCc1ccc(O)c(OC)c1. The van der Waals surface area contributed by atoms with E-state index in [0.717, 1.165) is 29.7 Å². The van der Waals surface area contributed by atoms with Crippen LogP contribution in [0.15, 0.2) is 36.5 Å². The fourth-order valence-corrected chi connectivity index (χ4v) is 4.47. The molecule has 0 bridgehead atoms. The third kappa shape index (κ3) is 5.07. The fraction of sp³-hybridized carbons (Fsp3) is 0.440. The second kappa shape index (κ2) is 10.4. The number of H-pyrrole nitrogens is 1. The van der Waals surface area contributed by atoms with Gasteiger partial charge in [0.1, 0.15) is 5.78 Å². The maximum atomic E-state index is 13.5. The van der Waals surface area contributed by atoms with Gasteiger partial charge in [0.2, 0.25) is 0 Å². The topological polar surface area (TPSA) is 99.6 Å². The van der Waals surface area contributed by atoms with Crippen LogP contribution in [0, 0.1) is 11.8 Å². The highest BCUT2D eigenvalue weighted by Gasteiger charge is 2.37. The van der Waals surface area contributed by atoms with Gasteiger partial charge in [-0.15, -0.1) is 0 Å². The minimum Gasteiger partial charge on any atom is -0.504 e. The Morgan fingerprint density at radius 1 is 1.26 bits per heavy atom. The molecule has 1 aliphatic rings. The molecular formula is C25H31NO5. The van der Waals surface area contributed by atoms with Crippen molar-refractivity contribution in [2.24, 2.45) is 11.8 Å². The normalized spacial score (nSPS) is 18.4. The molecule has 1 aromatic heterocycles. The number of ether oxygens (including phenoxy) is 1. The summed E-state index contributed by atoms with van der Waals surface area (Å²) in [5.74, 6) is -1.01. The summed E-state index contributed by atoms with van der Waals surface area (Å²) < 4.78 is 5.12. The Labute approximate surface area is 183 Å². The first-order chi connectivity index (χ1) is 15.0. The number of aromatic nitrogens is 1. The molecule has 3 rings (SSSR count). The zero-order valence-electron chi connectivity index (χ0n) is 18.1. The molecule has 0 aliphatic heterocycles. The first kappa shape index (κ1) is 22.8. The predicted molar refractivity (Wildman–Crippen MR) is 119 cm³/mol. The molecule has 0 saturated carbocycles. The van der Waals surface area contributed by atoms with Gasteiger partial charge in [-0.25, -0.2) is 0 Å². The minimum absolute atomic E-state index is 0.0408. The number of aryl methyl sites for hydroxylation is 1. The summed E-state index contributed by atoms with van der Waals surface area (Å²) in [5, 5.41) is 19.3. The molecule has 3 unspecified atom stereocenters. The van der Waals surface area contributed by atoms with Crippen LogP contribution < -0.4 is 4.74 Å². The zero-order chi connectivity index (χ0) is 22.4. The van der Waals surface area contributed by atoms with Gasteiger partial charge < -0.3 is 19.9 Å². The van der Waals surface area contributed by atoms with Gasteiger partial charge in [0.25, 0.3) is 0 Å². The number of fused-ring (bicyclic) bond motifs is 1. The van der Waals surface area contributed by atoms with Gasteiger partial charge in [0.15, 0.2) is 17.3 Å². The number of phenolic OH excluding ortho intramolecular Hbond substituents is 1. The molecule has 0 amide bonds. The number of benzene rings is 1. The molecule has 3 atom stereocenters. The summed E-state index contributed by atoms with van der Waals surface area (Å²) in [4.78, 5) is 29.7. The molecule has 0 saturated heterocycles. The van der Waals surface area contributed by atoms with Crippen LogP contribution in [0.1, 0.15) is 55.3 Å². The summed E-state index contributed by atoms with van der Waals surface area (Å²) >= 11 is 0. The van der Waals surface area contributed by atoms with Crippen LogP contribution in [-0.4, -0.2) is 40.5 Å². The van der Waals surface area contributed by atoms with Crippen LogP contribution in [0.4, 0.5) is 0 Å². The van der Waals surface area contributed by atoms with Crippen molar-refractivity contribution in [3.8, 4) is 11.5 Å². The monoisotopic (exact) mass is 425 g/mol. The van der Waals surface area contributed by atoms with Crippen molar-refractivity contribution >= 4 is 17.6 Å². The quantitative estimate of drug-likeness (QED) is 0.472. The van der Waals surface area contributed by atoms with Gasteiger partial charge in [-0.2, -0.15) is 0 Å². The first-order valence-corrected chi connectivity index (χ1v) is 10.9. The molecule has 3 N–H and O–H groups in total. The van der Waals surface area contributed by atoms with Crippen molar-refractivity contribution in [1.82, 2.24) is 4.98 Å². The largest absolute Gasteiger partial charge is 0.504 e.